The molecule has 3 aromatic carbocycles. The minimum Gasteiger partial charge on any atom is -0.481 e. The van der Waals surface area contributed by atoms with Crippen molar-refractivity contribution in [1.82, 2.24) is 10.6 Å². The largest absolute Gasteiger partial charge is 0.481 e. The zero-order chi connectivity index (χ0) is 30.2. The Morgan fingerprint density at radius 3 is 2.33 bits per heavy atom. The van der Waals surface area contributed by atoms with Crippen molar-refractivity contribution in [3.8, 4) is 0 Å². The highest BCUT2D eigenvalue weighted by Crippen LogP contribution is 2.33. The Bertz CT molecular complexity index is 1510. The van der Waals surface area contributed by atoms with E-state index in [2.05, 4.69) is 10.6 Å². The van der Waals surface area contributed by atoms with Crippen LogP contribution in [0.3, 0.4) is 0 Å². The van der Waals surface area contributed by atoms with Gasteiger partial charge in [0.25, 0.3) is 11.8 Å². The summed E-state index contributed by atoms with van der Waals surface area (Å²) < 4.78 is 0. The Morgan fingerprint density at radius 1 is 0.976 bits per heavy atom. The van der Waals surface area contributed by atoms with Crippen LogP contribution >= 0.6 is 0 Å². The quantitative estimate of drug-likeness (QED) is 0.315. The zero-order valence-electron chi connectivity index (χ0n) is 22.9. The number of carbonyl (C=O) groups excluding carboxylic acids is 5. The van der Waals surface area contributed by atoms with E-state index in [4.69, 9.17) is 5.11 Å². The number of anilines is 2. The molecular weight excluding hydrogens is 540 g/mol. The van der Waals surface area contributed by atoms with Gasteiger partial charge in [-0.05, 0) is 36.8 Å². The molecule has 0 radical (unpaired) electrons. The molecule has 216 valence electrons. The van der Waals surface area contributed by atoms with Gasteiger partial charge in [-0.3, -0.25) is 28.9 Å². The van der Waals surface area contributed by atoms with E-state index in [-0.39, 0.29) is 24.6 Å². The summed E-state index contributed by atoms with van der Waals surface area (Å²) in [7, 11) is 0. The number of rotatable bonds is 10. The number of aliphatic carboxylic acids is 1. The molecule has 3 N–H and O–H groups in total. The van der Waals surface area contributed by atoms with Gasteiger partial charge >= 0.3 is 5.97 Å². The van der Waals surface area contributed by atoms with Crippen molar-refractivity contribution in [2.24, 2.45) is 0 Å². The summed E-state index contributed by atoms with van der Waals surface area (Å²) in [6.07, 6.45) is -0.296. The van der Waals surface area contributed by atoms with Gasteiger partial charge in [0.2, 0.25) is 11.8 Å². The van der Waals surface area contributed by atoms with Crippen molar-refractivity contribution in [3.05, 3.63) is 95.6 Å². The number of para-hydroxylation sites is 2. The number of aldehydes is 1. The summed E-state index contributed by atoms with van der Waals surface area (Å²) in [6.45, 7) is 1.13. The molecule has 4 amide bonds. The van der Waals surface area contributed by atoms with Gasteiger partial charge in [-0.25, -0.2) is 0 Å². The van der Waals surface area contributed by atoms with E-state index in [1.54, 1.807) is 54.6 Å². The first-order valence-electron chi connectivity index (χ1n) is 13.2. The van der Waals surface area contributed by atoms with Gasteiger partial charge in [-0.1, -0.05) is 60.2 Å². The predicted molar refractivity (Wildman–Crippen MR) is 154 cm³/mol. The minimum atomic E-state index is -1.30. The van der Waals surface area contributed by atoms with E-state index < -0.39 is 48.7 Å². The molecule has 0 unspecified atom stereocenters. The molecule has 2 atom stereocenters. The second-order valence-corrected chi connectivity index (χ2v) is 9.88. The number of carboxylic acids is 1. The molecule has 0 bridgehead atoms. The smallest absolute Gasteiger partial charge is 0.305 e. The first kappa shape index (κ1) is 29.7. The Kier molecular flexibility index (Phi) is 9.43. The number of aryl methyl sites for hydroxylation is 1. The molecule has 0 spiro atoms. The molecular formula is C31H30N4O7. The summed E-state index contributed by atoms with van der Waals surface area (Å²) in [5.41, 5.74) is 2.65. The molecule has 0 saturated heterocycles. The number of fused-ring (bicyclic) bond motifs is 1. The van der Waals surface area contributed by atoms with Crippen LogP contribution in [-0.4, -0.2) is 66.2 Å². The van der Waals surface area contributed by atoms with Crippen LogP contribution in [0.4, 0.5) is 11.4 Å². The van der Waals surface area contributed by atoms with Crippen molar-refractivity contribution < 1.29 is 33.9 Å². The van der Waals surface area contributed by atoms with E-state index in [0.29, 0.717) is 17.5 Å². The molecule has 11 nitrogen and oxygen atoms in total. The Labute approximate surface area is 242 Å². The van der Waals surface area contributed by atoms with Gasteiger partial charge in [0, 0.05) is 5.56 Å². The second kappa shape index (κ2) is 13.4. The molecule has 0 fully saturated rings. The third-order valence-corrected chi connectivity index (χ3v) is 6.68. The first-order valence-corrected chi connectivity index (χ1v) is 13.2. The number of carboxylic acid groups (broad SMARTS) is 1. The lowest BCUT2D eigenvalue weighted by molar-refractivity contribution is -0.139. The molecule has 1 aliphatic rings. The fraction of sp³-hybridized carbons (Fsp3) is 0.226. The average molecular weight is 571 g/mol. The molecule has 3 aromatic rings. The number of nitrogens with one attached hydrogen (secondary N) is 2. The van der Waals surface area contributed by atoms with E-state index in [1.807, 2.05) is 31.2 Å². The lowest BCUT2D eigenvalue weighted by Crippen LogP contribution is -2.54. The number of hydrogen-bond acceptors (Lipinski definition) is 6. The molecule has 42 heavy (non-hydrogen) atoms. The van der Waals surface area contributed by atoms with Crippen molar-refractivity contribution in [1.29, 1.82) is 0 Å². The summed E-state index contributed by atoms with van der Waals surface area (Å²) in [5.74, 6) is -3.60. The summed E-state index contributed by atoms with van der Waals surface area (Å²) in [4.78, 5) is 78.7. The van der Waals surface area contributed by atoms with Gasteiger partial charge in [0.05, 0.1) is 36.8 Å². The van der Waals surface area contributed by atoms with Crippen LogP contribution < -0.4 is 20.4 Å². The normalized spacial score (nSPS) is 15.2. The van der Waals surface area contributed by atoms with Crippen LogP contribution in [-0.2, 0) is 30.4 Å². The number of benzene rings is 3. The Balaban J connectivity index is 1.69. The van der Waals surface area contributed by atoms with Crippen molar-refractivity contribution in [3.63, 3.8) is 0 Å². The molecule has 1 aliphatic heterocycles. The Morgan fingerprint density at radius 2 is 1.67 bits per heavy atom. The van der Waals surface area contributed by atoms with Crippen LogP contribution in [0.1, 0.15) is 27.9 Å². The SMILES string of the molecule is Cc1cccc(CC(=O)N2C[C@H](NC(=O)c3ccccc3)C(=O)N(CC(=O)N[C@H](C=O)CC(=O)O)c3ccccc32)c1. The highest BCUT2D eigenvalue weighted by molar-refractivity contribution is 6.11. The maximum absolute atomic E-state index is 13.9. The van der Waals surface area contributed by atoms with Gasteiger partial charge in [-0.15, -0.1) is 0 Å². The average Bonchev–Trinajstić information content (AvgIpc) is 3.07. The van der Waals surface area contributed by atoms with E-state index in [0.717, 1.165) is 16.0 Å². The molecule has 0 saturated carbocycles. The zero-order valence-corrected chi connectivity index (χ0v) is 22.9. The molecule has 4 rings (SSSR count). The van der Waals surface area contributed by atoms with Crippen LogP contribution in [0.5, 0.6) is 0 Å². The Hall–Kier alpha value is -5.32. The third-order valence-electron chi connectivity index (χ3n) is 6.68. The van der Waals surface area contributed by atoms with Gasteiger partial charge in [0.1, 0.15) is 18.9 Å². The van der Waals surface area contributed by atoms with Gasteiger partial charge in [0.15, 0.2) is 0 Å². The monoisotopic (exact) mass is 570 g/mol. The maximum atomic E-state index is 13.9. The topological polar surface area (TPSA) is 153 Å². The van der Waals surface area contributed by atoms with E-state index in [1.165, 1.54) is 4.90 Å². The number of carbonyl (C=O) groups is 6. The van der Waals surface area contributed by atoms with Crippen molar-refractivity contribution in [2.75, 3.05) is 22.9 Å². The molecule has 11 heteroatoms. The number of amides is 4. The van der Waals surface area contributed by atoms with Gasteiger partial charge < -0.3 is 25.4 Å². The molecule has 1 heterocycles. The number of nitrogens with zero attached hydrogens (tertiary/aromatic N) is 2. The van der Waals surface area contributed by atoms with E-state index in [9.17, 15) is 28.8 Å². The fourth-order valence-corrected chi connectivity index (χ4v) is 4.73. The highest BCUT2D eigenvalue weighted by atomic mass is 16.4. The highest BCUT2D eigenvalue weighted by Gasteiger charge is 2.38. The number of hydrogen-bond donors (Lipinski definition) is 3. The maximum Gasteiger partial charge on any atom is 0.305 e. The summed E-state index contributed by atoms with van der Waals surface area (Å²) >= 11 is 0. The predicted octanol–water partition coefficient (Wildman–Crippen LogP) is 1.87. The lowest BCUT2D eigenvalue weighted by Gasteiger charge is -2.25. The summed E-state index contributed by atoms with van der Waals surface area (Å²) in [6, 6.07) is 19.7. The van der Waals surface area contributed by atoms with Crippen molar-refractivity contribution in [2.45, 2.75) is 31.8 Å². The third kappa shape index (κ3) is 7.25. The van der Waals surface area contributed by atoms with Gasteiger partial charge in [-0.2, -0.15) is 0 Å². The fourth-order valence-electron chi connectivity index (χ4n) is 4.73. The lowest BCUT2D eigenvalue weighted by atomic mass is 10.1. The first-order chi connectivity index (χ1) is 20.2. The molecule has 0 aromatic heterocycles. The second-order valence-electron chi connectivity index (χ2n) is 9.88. The van der Waals surface area contributed by atoms with Crippen LogP contribution in [0, 0.1) is 6.92 Å². The van der Waals surface area contributed by atoms with Crippen LogP contribution in [0.2, 0.25) is 0 Å². The summed E-state index contributed by atoms with van der Waals surface area (Å²) in [5, 5.41) is 14.1. The minimum absolute atomic E-state index is 0.0280. The van der Waals surface area contributed by atoms with Crippen molar-refractivity contribution >= 4 is 47.3 Å². The standard InChI is InChI=1S/C31H30N4O7/c1-20-8-7-9-21(14-20)15-28(38)34-17-24(33-30(41)22-10-3-2-4-11-22)31(42)35(26-13-6-5-12-25(26)34)18-27(37)32-23(19-36)16-29(39)40/h2-14,19,23-24H,15-18H2,1H3,(H,32,37)(H,33,41)(H,39,40)/t23-,24-/m0/s1. The van der Waals surface area contributed by atoms with Crippen LogP contribution in [0.25, 0.3) is 0 Å². The molecule has 0 aliphatic carbocycles. The van der Waals surface area contributed by atoms with E-state index >= 15 is 0 Å². The van der Waals surface area contributed by atoms with Crippen LogP contribution in [0.15, 0.2) is 78.9 Å².